The van der Waals surface area contributed by atoms with Gasteiger partial charge in [0, 0.05) is 10.8 Å². The van der Waals surface area contributed by atoms with Crippen LogP contribution < -0.4 is 0 Å². The van der Waals surface area contributed by atoms with Crippen molar-refractivity contribution in [1.29, 1.82) is 0 Å². The summed E-state index contributed by atoms with van der Waals surface area (Å²) in [7, 11) is 1.42. The van der Waals surface area contributed by atoms with E-state index in [0.29, 0.717) is 10.8 Å². The van der Waals surface area contributed by atoms with Crippen LogP contribution in [0.25, 0.3) is 0 Å². The van der Waals surface area contributed by atoms with Crippen LogP contribution in [0.1, 0.15) is 89.9 Å². The second kappa shape index (κ2) is 11.7. The minimum absolute atomic E-state index is 0.180. The highest BCUT2D eigenvalue weighted by Crippen LogP contribution is 2.54. The van der Waals surface area contributed by atoms with Gasteiger partial charge in [-0.15, -0.1) is 34.5 Å². The summed E-state index contributed by atoms with van der Waals surface area (Å²) in [5, 5.41) is 0. The zero-order chi connectivity index (χ0) is 22.3. The lowest BCUT2D eigenvalue weighted by Gasteiger charge is -2.28. The molecule has 2 atom stereocenters. The second-order valence-electron chi connectivity index (χ2n) is 8.74. The van der Waals surface area contributed by atoms with Gasteiger partial charge in [-0.3, -0.25) is 0 Å². The first-order chi connectivity index (χ1) is 14.9. The monoisotopic (exact) mass is 480 g/mol. The highest BCUT2D eigenvalue weighted by Gasteiger charge is 2.46. The Bertz CT molecular complexity index is 828. The maximum Gasteiger partial charge on any atom is 0.348 e. The molecule has 3 rings (SSSR count). The fourth-order valence-corrected chi connectivity index (χ4v) is 6.57. The smallest absolute Gasteiger partial charge is 0.348 e. The van der Waals surface area contributed by atoms with Crippen LogP contribution in [0.2, 0.25) is 0 Å². The predicted octanol–water partition coefficient (Wildman–Crippen LogP) is 8.35. The van der Waals surface area contributed by atoms with Crippen molar-refractivity contribution in [3.8, 4) is 0 Å². The van der Waals surface area contributed by atoms with E-state index in [0.717, 1.165) is 38.5 Å². The molecule has 1 aliphatic carbocycles. The number of esters is 1. The number of aryl methyl sites for hydroxylation is 2. The SMILES string of the molecule is CCCCCCc1ccc(C2[C@@H](CCCc3ccc(C(=O)OC)s3)CCC2(Cl)Cl)cc1. The number of ether oxygens (including phenoxy) is 1. The Morgan fingerprint density at radius 3 is 2.55 bits per heavy atom. The van der Waals surface area contributed by atoms with E-state index in [-0.39, 0.29) is 11.9 Å². The Morgan fingerprint density at radius 1 is 1.06 bits per heavy atom. The third-order valence-electron chi connectivity index (χ3n) is 6.48. The van der Waals surface area contributed by atoms with Gasteiger partial charge >= 0.3 is 5.97 Å². The molecule has 2 aromatic rings. The molecule has 1 saturated carbocycles. The summed E-state index contributed by atoms with van der Waals surface area (Å²) >= 11 is 15.1. The maximum absolute atomic E-state index is 11.7. The summed E-state index contributed by atoms with van der Waals surface area (Å²) in [4.78, 5) is 13.6. The average molecular weight is 482 g/mol. The summed E-state index contributed by atoms with van der Waals surface area (Å²) in [6.07, 6.45) is 11.3. The number of hydrogen-bond donors (Lipinski definition) is 0. The summed E-state index contributed by atoms with van der Waals surface area (Å²) in [6, 6.07) is 12.9. The molecule has 0 saturated heterocycles. The number of methoxy groups -OCH3 is 1. The lowest BCUT2D eigenvalue weighted by molar-refractivity contribution is 0.0606. The third kappa shape index (κ3) is 6.73. The van der Waals surface area contributed by atoms with E-state index in [1.807, 2.05) is 12.1 Å². The highest BCUT2D eigenvalue weighted by molar-refractivity contribution is 7.13. The molecule has 1 heterocycles. The Hall–Kier alpha value is -1.03. The Balaban J connectivity index is 1.57. The zero-order valence-corrected chi connectivity index (χ0v) is 21.0. The average Bonchev–Trinajstić information content (AvgIpc) is 3.35. The fraction of sp³-hybridized carbons (Fsp3) is 0.577. The number of alkyl halides is 2. The molecule has 0 spiro atoms. The molecule has 1 fully saturated rings. The van der Waals surface area contributed by atoms with Crippen LogP contribution in [0.5, 0.6) is 0 Å². The summed E-state index contributed by atoms with van der Waals surface area (Å²) in [6.45, 7) is 2.25. The van der Waals surface area contributed by atoms with Crippen LogP contribution in [-0.2, 0) is 17.6 Å². The quantitative estimate of drug-likeness (QED) is 0.183. The van der Waals surface area contributed by atoms with E-state index in [2.05, 4.69) is 31.2 Å². The van der Waals surface area contributed by atoms with Gasteiger partial charge in [0.2, 0.25) is 0 Å². The largest absolute Gasteiger partial charge is 0.465 e. The van der Waals surface area contributed by atoms with Crippen LogP contribution in [0, 0.1) is 5.92 Å². The van der Waals surface area contributed by atoms with Crippen molar-refractivity contribution in [1.82, 2.24) is 0 Å². The Labute approximate surface area is 201 Å². The molecule has 0 N–H and O–H groups in total. The van der Waals surface area contributed by atoms with Gasteiger partial charge in [0.25, 0.3) is 0 Å². The van der Waals surface area contributed by atoms with Crippen molar-refractivity contribution in [2.24, 2.45) is 5.92 Å². The van der Waals surface area contributed by atoms with E-state index < -0.39 is 4.33 Å². The Kier molecular flexibility index (Phi) is 9.31. The molecule has 0 radical (unpaired) electrons. The summed E-state index contributed by atoms with van der Waals surface area (Å²) < 4.78 is 4.12. The van der Waals surface area contributed by atoms with Crippen LogP contribution in [0.3, 0.4) is 0 Å². The predicted molar refractivity (Wildman–Crippen MR) is 133 cm³/mol. The molecule has 1 aromatic carbocycles. The normalized spacial score (nSPS) is 20.1. The topological polar surface area (TPSA) is 26.3 Å². The van der Waals surface area contributed by atoms with Gasteiger partial charge in [-0.05, 0) is 74.1 Å². The van der Waals surface area contributed by atoms with Gasteiger partial charge < -0.3 is 4.74 Å². The first kappa shape index (κ1) is 24.6. The molecule has 1 unspecified atom stereocenters. The highest BCUT2D eigenvalue weighted by atomic mass is 35.5. The molecular weight excluding hydrogens is 447 g/mol. The Morgan fingerprint density at radius 2 is 1.84 bits per heavy atom. The standard InChI is InChI=1S/C26H34Cl2O2S/c1-3-4-5-6-8-19-11-13-21(14-12-19)24-20(17-18-26(24,27)28)9-7-10-22-15-16-23(31-22)25(29)30-2/h11-16,20,24H,3-10,17-18H2,1-2H3/t20-,24?/m0/s1. The fourth-order valence-electron chi connectivity index (χ4n) is 4.78. The number of carbonyl (C=O) groups is 1. The van der Waals surface area contributed by atoms with Crippen LogP contribution in [0.15, 0.2) is 36.4 Å². The third-order valence-corrected chi connectivity index (χ3v) is 8.45. The van der Waals surface area contributed by atoms with Crippen molar-refractivity contribution < 1.29 is 9.53 Å². The number of hydrogen-bond acceptors (Lipinski definition) is 3. The number of unbranched alkanes of at least 4 members (excludes halogenated alkanes) is 3. The molecule has 0 aliphatic heterocycles. The van der Waals surface area contributed by atoms with Gasteiger partial charge in [0.15, 0.2) is 0 Å². The number of halogens is 2. The number of carbonyl (C=O) groups excluding carboxylic acids is 1. The number of thiophene rings is 1. The lowest BCUT2D eigenvalue weighted by atomic mass is 9.84. The van der Waals surface area contributed by atoms with Crippen LogP contribution >= 0.6 is 34.5 Å². The van der Waals surface area contributed by atoms with Gasteiger partial charge in [-0.25, -0.2) is 4.79 Å². The molecule has 31 heavy (non-hydrogen) atoms. The first-order valence-corrected chi connectivity index (χ1v) is 13.2. The molecule has 170 valence electrons. The van der Waals surface area contributed by atoms with Crippen molar-refractivity contribution in [2.45, 2.75) is 81.4 Å². The van der Waals surface area contributed by atoms with E-state index in [9.17, 15) is 4.79 Å². The van der Waals surface area contributed by atoms with Crippen molar-refractivity contribution in [3.05, 3.63) is 57.3 Å². The van der Waals surface area contributed by atoms with E-state index >= 15 is 0 Å². The second-order valence-corrected chi connectivity index (χ2v) is 11.5. The minimum Gasteiger partial charge on any atom is -0.465 e. The van der Waals surface area contributed by atoms with Crippen LogP contribution in [0.4, 0.5) is 0 Å². The molecule has 1 aliphatic rings. The van der Waals surface area contributed by atoms with Crippen molar-refractivity contribution in [3.63, 3.8) is 0 Å². The molecular formula is C26H34Cl2O2S. The number of rotatable bonds is 11. The number of benzene rings is 1. The zero-order valence-electron chi connectivity index (χ0n) is 18.7. The molecule has 0 bridgehead atoms. The lowest BCUT2D eigenvalue weighted by Crippen LogP contribution is -2.21. The summed E-state index contributed by atoms with van der Waals surface area (Å²) in [5.41, 5.74) is 2.68. The molecule has 1 aromatic heterocycles. The van der Waals surface area contributed by atoms with Gasteiger partial charge in [-0.2, -0.15) is 0 Å². The van der Waals surface area contributed by atoms with Crippen LogP contribution in [-0.4, -0.2) is 17.4 Å². The van der Waals surface area contributed by atoms with Crippen molar-refractivity contribution in [2.75, 3.05) is 7.11 Å². The van der Waals surface area contributed by atoms with Gasteiger partial charge in [-0.1, -0.05) is 50.5 Å². The van der Waals surface area contributed by atoms with Crippen molar-refractivity contribution >= 4 is 40.5 Å². The van der Waals surface area contributed by atoms with E-state index in [1.165, 1.54) is 60.1 Å². The summed E-state index contributed by atoms with van der Waals surface area (Å²) in [5.74, 6) is 0.416. The minimum atomic E-state index is -0.686. The maximum atomic E-state index is 11.7. The molecule has 5 heteroatoms. The van der Waals surface area contributed by atoms with E-state index in [4.69, 9.17) is 27.9 Å². The van der Waals surface area contributed by atoms with E-state index in [1.54, 1.807) is 0 Å². The molecule has 0 amide bonds. The first-order valence-electron chi connectivity index (χ1n) is 11.6. The van der Waals surface area contributed by atoms with Gasteiger partial charge in [0.1, 0.15) is 9.21 Å². The van der Waals surface area contributed by atoms with Gasteiger partial charge in [0.05, 0.1) is 7.11 Å². The molecule has 2 nitrogen and oxygen atoms in total.